The molecule has 1 N–H and O–H groups in total. The van der Waals surface area contributed by atoms with Crippen LogP contribution in [0.15, 0.2) is 30.3 Å². The SMILES string of the molecule is C[C@@]1(c2ccccc2)COC(=O)[C@H]1O. The van der Waals surface area contributed by atoms with Gasteiger partial charge >= 0.3 is 5.97 Å². The van der Waals surface area contributed by atoms with E-state index in [1.807, 2.05) is 37.3 Å². The molecule has 1 saturated heterocycles. The number of rotatable bonds is 1. The molecule has 0 unspecified atom stereocenters. The number of hydrogen-bond acceptors (Lipinski definition) is 3. The van der Waals surface area contributed by atoms with Crippen LogP contribution in [0.5, 0.6) is 0 Å². The van der Waals surface area contributed by atoms with Crippen LogP contribution < -0.4 is 0 Å². The van der Waals surface area contributed by atoms with Gasteiger partial charge in [-0.2, -0.15) is 0 Å². The number of aliphatic hydroxyl groups excluding tert-OH is 1. The quantitative estimate of drug-likeness (QED) is 0.671. The van der Waals surface area contributed by atoms with Crippen LogP contribution >= 0.6 is 0 Å². The zero-order valence-electron chi connectivity index (χ0n) is 7.93. The highest BCUT2D eigenvalue weighted by atomic mass is 16.6. The van der Waals surface area contributed by atoms with Gasteiger partial charge in [-0.25, -0.2) is 4.79 Å². The molecule has 1 aromatic rings. The van der Waals surface area contributed by atoms with Crippen molar-refractivity contribution in [2.45, 2.75) is 18.4 Å². The first-order valence-corrected chi connectivity index (χ1v) is 4.55. The molecule has 0 amide bonds. The highest BCUT2D eigenvalue weighted by Crippen LogP contribution is 2.33. The first kappa shape index (κ1) is 9.21. The van der Waals surface area contributed by atoms with E-state index >= 15 is 0 Å². The van der Waals surface area contributed by atoms with Gasteiger partial charge in [-0.3, -0.25) is 0 Å². The van der Waals surface area contributed by atoms with Crippen molar-refractivity contribution in [1.29, 1.82) is 0 Å². The predicted octanol–water partition coefficient (Wildman–Crippen LogP) is 0.862. The third-order valence-electron chi connectivity index (χ3n) is 2.77. The van der Waals surface area contributed by atoms with E-state index < -0.39 is 17.5 Å². The minimum atomic E-state index is -1.05. The minimum Gasteiger partial charge on any atom is -0.463 e. The Labute approximate surface area is 82.3 Å². The average Bonchev–Trinajstić information content (AvgIpc) is 2.49. The molecule has 2 atom stereocenters. The summed E-state index contributed by atoms with van der Waals surface area (Å²) in [5.74, 6) is -0.531. The van der Waals surface area contributed by atoms with E-state index in [1.165, 1.54) is 0 Å². The molecule has 74 valence electrons. The van der Waals surface area contributed by atoms with Gasteiger partial charge in [0.15, 0.2) is 6.10 Å². The van der Waals surface area contributed by atoms with Crippen molar-refractivity contribution < 1.29 is 14.6 Å². The second-order valence-electron chi connectivity index (χ2n) is 3.79. The van der Waals surface area contributed by atoms with E-state index in [2.05, 4.69) is 0 Å². The molecule has 0 radical (unpaired) electrons. The Morgan fingerprint density at radius 1 is 1.43 bits per heavy atom. The van der Waals surface area contributed by atoms with Crippen molar-refractivity contribution in [2.24, 2.45) is 0 Å². The molecular formula is C11H12O3. The van der Waals surface area contributed by atoms with Crippen LogP contribution in [0, 0.1) is 0 Å². The molecular weight excluding hydrogens is 180 g/mol. The topological polar surface area (TPSA) is 46.5 Å². The van der Waals surface area contributed by atoms with Gasteiger partial charge in [-0.05, 0) is 12.5 Å². The predicted molar refractivity (Wildman–Crippen MR) is 50.8 cm³/mol. The summed E-state index contributed by atoms with van der Waals surface area (Å²) in [6, 6.07) is 9.46. The summed E-state index contributed by atoms with van der Waals surface area (Å²) >= 11 is 0. The molecule has 0 saturated carbocycles. The molecule has 3 heteroatoms. The van der Waals surface area contributed by atoms with Gasteiger partial charge in [-0.15, -0.1) is 0 Å². The number of carbonyl (C=O) groups is 1. The molecule has 1 aliphatic heterocycles. The number of aliphatic hydroxyl groups is 1. The Morgan fingerprint density at radius 3 is 2.57 bits per heavy atom. The average molecular weight is 192 g/mol. The van der Waals surface area contributed by atoms with E-state index in [4.69, 9.17) is 4.74 Å². The molecule has 3 nitrogen and oxygen atoms in total. The van der Waals surface area contributed by atoms with E-state index in [-0.39, 0.29) is 6.61 Å². The fourth-order valence-electron chi connectivity index (χ4n) is 1.70. The second-order valence-corrected chi connectivity index (χ2v) is 3.79. The third kappa shape index (κ3) is 1.21. The molecule has 0 spiro atoms. The van der Waals surface area contributed by atoms with E-state index in [1.54, 1.807) is 0 Å². The normalized spacial score (nSPS) is 31.6. The lowest BCUT2D eigenvalue weighted by molar-refractivity contribution is -0.144. The first-order valence-electron chi connectivity index (χ1n) is 4.55. The molecule has 1 fully saturated rings. The van der Waals surface area contributed by atoms with Gasteiger partial charge in [0.2, 0.25) is 0 Å². The highest BCUT2D eigenvalue weighted by Gasteiger charge is 2.47. The van der Waals surface area contributed by atoms with Gasteiger partial charge < -0.3 is 9.84 Å². The second kappa shape index (κ2) is 3.10. The van der Waals surface area contributed by atoms with Gasteiger partial charge in [0, 0.05) is 0 Å². The third-order valence-corrected chi connectivity index (χ3v) is 2.77. The van der Waals surface area contributed by atoms with Gasteiger partial charge in [0.25, 0.3) is 0 Å². The Bertz CT molecular complexity index is 347. The number of esters is 1. The van der Waals surface area contributed by atoms with Crippen LogP contribution in [0.4, 0.5) is 0 Å². The number of ether oxygens (including phenoxy) is 1. The first-order chi connectivity index (χ1) is 6.64. The fraction of sp³-hybridized carbons (Fsp3) is 0.364. The monoisotopic (exact) mass is 192 g/mol. The number of cyclic esters (lactones) is 1. The van der Waals surface area contributed by atoms with Crippen molar-refractivity contribution in [3.05, 3.63) is 35.9 Å². The van der Waals surface area contributed by atoms with E-state index in [9.17, 15) is 9.90 Å². The standard InChI is InChI=1S/C11H12O3/c1-11(7-14-10(13)9(11)12)8-5-3-2-4-6-8/h2-6,9,12H,7H2,1H3/t9-,11+/m1/s1. The molecule has 1 heterocycles. The Kier molecular flexibility index (Phi) is 2.04. The fourth-order valence-corrected chi connectivity index (χ4v) is 1.70. The van der Waals surface area contributed by atoms with Crippen molar-refractivity contribution in [3.63, 3.8) is 0 Å². The maximum Gasteiger partial charge on any atom is 0.336 e. The van der Waals surface area contributed by atoms with Crippen LogP contribution in [0.25, 0.3) is 0 Å². The maximum absolute atomic E-state index is 11.1. The largest absolute Gasteiger partial charge is 0.463 e. The summed E-state index contributed by atoms with van der Waals surface area (Å²) in [5.41, 5.74) is 0.330. The molecule has 0 bridgehead atoms. The molecule has 1 aliphatic rings. The maximum atomic E-state index is 11.1. The summed E-state index contributed by atoms with van der Waals surface area (Å²) < 4.78 is 4.85. The molecule has 0 aromatic heterocycles. The van der Waals surface area contributed by atoms with Crippen molar-refractivity contribution in [2.75, 3.05) is 6.61 Å². The van der Waals surface area contributed by atoms with Gasteiger partial charge in [0.05, 0.1) is 5.41 Å². The van der Waals surface area contributed by atoms with Gasteiger partial charge in [0.1, 0.15) is 6.61 Å². The summed E-state index contributed by atoms with van der Waals surface area (Å²) in [5, 5.41) is 9.70. The molecule has 1 aromatic carbocycles. The number of carbonyl (C=O) groups excluding carboxylic acids is 1. The lowest BCUT2D eigenvalue weighted by atomic mass is 9.80. The lowest BCUT2D eigenvalue weighted by Gasteiger charge is -2.23. The summed E-state index contributed by atoms with van der Waals surface area (Å²) in [6.45, 7) is 2.08. The lowest BCUT2D eigenvalue weighted by Crippen LogP contribution is -2.36. The summed E-state index contributed by atoms with van der Waals surface area (Å²) in [6.07, 6.45) is -1.05. The zero-order valence-corrected chi connectivity index (χ0v) is 7.93. The van der Waals surface area contributed by atoms with Crippen LogP contribution in [0.3, 0.4) is 0 Å². The minimum absolute atomic E-state index is 0.247. The molecule has 14 heavy (non-hydrogen) atoms. The number of benzene rings is 1. The highest BCUT2D eigenvalue weighted by molar-refractivity contribution is 5.79. The van der Waals surface area contributed by atoms with Gasteiger partial charge in [-0.1, -0.05) is 30.3 Å². The zero-order chi connectivity index (χ0) is 10.2. The van der Waals surface area contributed by atoms with Crippen molar-refractivity contribution in [1.82, 2.24) is 0 Å². The van der Waals surface area contributed by atoms with Crippen LogP contribution in [-0.4, -0.2) is 23.8 Å². The van der Waals surface area contributed by atoms with E-state index in [0.29, 0.717) is 0 Å². The van der Waals surface area contributed by atoms with Crippen LogP contribution in [-0.2, 0) is 14.9 Å². The summed E-state index contributed by atoms with van der Waals surface area (Å²) in [7, 11) is 0. The van der Waals surface area contributed by atoms with Crippen molar-refractivity contribution >= 4 is 5.97 Å². The van der Waals surface area contributed by atoms with Crippen LogP contribution in [0.1, 0.15) is 12.5 Å². The Balaban J connectivity index is 2.39. The summed E-state index contributed by atoms with van der Waals surface area (Å²) in [4.78, 5) is 11.1. The smallest absolute Gasteiger partial charge is 0.336 e. The van der Waals surface area contributed by atoms with Crippen molar-refractivity contribution in [3.8, 4) is 0 Å². The molecule has 2 rings (SSSR count). The Hall–Kier alpha value is -1.35. The van der Waals surface area contributed by atoms with Crippen LogP contribution in [0.2, 0.25) is 0 Å². The Morgan fingerprint density at radius 2 is 2.07 bits per heavy atom. The number of hydrogen-bond donors (Lipinski definition) is 1. The van der Waals surface area contributed by atoms with E-state index in [0.717, 1.165) is 5.56 Å². The molecule has 0 aliphatic carbocycles.